The van der Waals surface area contributed by atoms with E-state index in [0.717, 1.165) is 5.70 Å². The summed E-state index contributed by atoms with van der Waals surface area (Å²) in [4.78, 5) is 12.3. The number of rotatable bonds is 3. The lowest BCUT2D eigenvalue weighted by atomic mass is 10.1. The minimum absolute atomic E-state index is 0.401. The fourth-order valence-corrected chi connectivity index (χ4v) is 2.25. The molecule has 1 aromatic rings. The van der Waals surface area contributed by atoms with Gasteiger partial charge in [0.2, 0.25) is 8.03 Å². The van der Waals surface area contributed by atoms with E-state index in [-0.39, 0.29) is 0 Å². The van der Waals surface area contributed by atoms with E-state index < -0.39 is 8.03 Å². The molecule has 1 aromatic carbocycles. The molecule has 1 atom stereocenters. The lowest BCUT2D eigenvalue weighted by Gasteiger charge is -2.12. The van der Waals surface area contributed by atoms with Crippen LogP contribution in [0, 0.1) is 0 Å². The Labute approximate surface area is 105 Å². The Kier molecular flexibility index (Phi) is 3.90. The molecule has 0 heterocycles. The second kappa shape index (κ2) is 5.61. The minimum atomic E-state index is -2.73. The standard InChI is InChI=1S/C12H12N3O2P/c13-15-10-7-5-9(6-8-10)14-11-3-1-2-4-12(11)18(16)17/h1-7,14,18H,8H2,(H,16,17). The first-order valence-corrected chi connectivity index (χ1v) is 6.75. The Morgan fingerprint density at radius 1 is 1.33 bits per heavy atom. The van der Waals surface area contributed by atoms with Crippen LogP contribution in [0.3, 0.4) is 0 Å². The fourth-order valence-electron chi connectivity index (χ4n) is 1.64. The Morgan fingerprint density at radius 3 is 2.72 bits per heavy atom. The summed E-state index contributed by atoms with van der Waals surface area (Å²) in [6.07, 6.45) is 5.81. The maximum atomic E-state index is 11.2. The van der Waals surface area contributed by atoms with Crippen molar-refractivity contribution < 1.29 is 14.2 Å². The molecule has 0 amide bonds. The Hall–Kier alpha value is -1.93. The van der Waals surface area contributed by atoms with Gasteiger partial charge in [0.05, 0.1) is 17.4 Å². The topological polar surface area (TPSA) is 85.7 Å². The second-order valence-electron chi connectivity index (χ2n) is 3.76. The van der Waals surface area contributed by atoms with E-state index in [1.165, 1.54) is 0 Å². The van der Waals surface area contributed by atoms with Crippen LogP contribution in [0.15, 0.2) is 48.2 Å². The Morgan fingerprint density at radius 2 is 2.11 bits per heavy atom. The molecule has 1 unspecified atom stereocenters. The highest BCUT2D eigenvalue weighted by Gasteiger charge is 2.10. The van der Waals surface area contributed by atoms with Crippen molar-refractivity contribution in [3.63, 3.8) is 0 Å². The fraction of sp³-hybridized carbons (Fsp3) is 0.0833. The van der Waals surface area contributed by atoms with Gasteiger partial charge in [-0.3, -0.25) is 4.57 Å². The van der Waals surface area contributed by atoms with E-state index in [4.69, 9.17) is 5.53 Å². The van der Waals surface area contributed by atoms with Gasteiger partial charge in [-0.15, -0.1) is 0 Å². The van der Waals surface area contributed by atoms with Gasteiger partial charge in [0.15, 0.2) is 0 Å². The van der Waals surface area contributed by atoms with Crippen LogP contribution in [0.5, 0.6) is 0 Å². The lowest BCUT2D eigenvalue weighted by molar-refractivity contribution is -0.00540. The van der Waals surface area contributed by atoms with Crippen LogP contribution in [-0.2, 0) is 4.57 Å². The Bertz CT molecular complexity index is 601. The van der Waals surface area contributed by atoms with Gasteiger partial charge in [-0.05, 0) is 24.3 Å². The van der Waals surface area contributed by atoms with Crippen LogP contribution in [-0.4, -0.2) is 15.4 Å². The first-order valence-electron chi connectivity index (χ1n) is 5.39. The smallest absolute Gasteiger partial charge is 0.295 e. The molecule has 0 radical (unpaired) electrons. The number of anilines is 1. The van der Waals surface area contributed by atoms with Crippen molar-refractivity contribution in [1.82, 2.24) is 0 Å². The molecule has 0 spiro atoms. The Balaban J connectivity index is 2.21. The third-order valence-corrected chi connectivity index (χ3v) is 3.45. The van der Waals surface area contributed by atoms with Crippen LogP contribution >= 0.6 is 8.03 Å². The first-order chi connectivity index (χ1) is 8.70. The van der Waals surface area contributed by atoms with Crippen molar-refractivity contribution in [2.45, 2.75) is 6.42 Å². The highest BCUT2D eigenvalue weighted by atomic mass is 31.1. The molecule has 0 aromatic heterocycles. The summed E-state index contributed by atoms with van der Waals surface area (Å²) in [5.41, 5.74) is 10.6. The normalized spacial score (nSPS) is 15.8. The molecule has 1 aliphatic carbocycles. The SMILES string of the molecule is [N-]=[N+]=C1C=CC(Nc2ccccc2[PH](=O)O)=CC1. The maximum Gasteiger partial charge on any atom is 0.295 e. The molecular weight excluding hydrogens is 249 g/mol. The van der Waals surface area contributed by atoms with Crippen molar-refractivity contribution in [3.05, 3.63) is 53.7 Å². The molecule has 0 bridgehead atoms. The predicted molar refractivity (Wildman–Crippen MR) is 71.4 cm³/mol. The molecule has 2 N–H and O–H groups in total. The van der Waals surface area contributed by atoms with Crippen molar-refractivity contribution in [2.24, 2.45) is 0 Å². The highest BCUT2D eigenvalue weighted by molar-refractivity contribution is 7.47. The van der Waals surface area contributed by atoms with Gasteiger partial charge in [0, 0.05) is 11.8 Å². The monoisotopic (exact) mass is 261 g/mol. The summed E-state index contributed by atoms with van der Waals surface area (Å²) in [7, 11) is -2.73. The maximum absolute atomic E-state index is 11.2. The molecule has 1 aliphatic rings. The zero-order valence-corrected chi connectivity index (χ0v) is 10.5. The average molecular weight is 261 g/mol. The number of para-hydroxylation sites is 1. The third-order valence-electron chi connectivity index (χ3n) is 2.55. The van der Waals surface area contributed by atoms with E-state index in [1.54, 1.807) is 36.4 Å². The largest absolute Gasteiger partial charge is 0.361 e. The van der Waals surface area contributed by atoms with Crippen molar-refractivity contribution >= 4 is 24.7 Å². The van der Waals surface area contributed by atoms with E-state index in [2.05, 4.69) is 10.1 Å². The summed E-state index contributed by atoms with van der Waals surface area (Å²) in [6, 6.07) is 6.89. The van der Waals surface area contributed by atoms with Crippen LogP contribution in [0.1, 0.15) is 6.42 Å². The van der Waals surface area contributed by atoms with Crippen molar-refractivity contribution in [1.29, 1.82) is 0 Å². The number of hydrogen-bond donors (Lipinski definition) is 2. The summed E-state index contributed by atoms with van der Waals surface area (Å²) in [5, 5.41) is 3.48. The number of nitrogens with zero attached hydrogens (tertiary/aromatic N) is 2. The summed E-state index contributed by atoms with van der Waals surface area (Å²) >= 11 is 0. The molecule has 6 heteroatoms. The van der Waals surface area contributed by atoms with Gasteiger partial charge in [-0.25, -0.2) is 0 Å². The zero-order chi connectivity index (χ0) is 13.0. The highest BCUT2D eigenvalue weighted by Crippen LogP contribution is 2.21. The van der Waals surface area contributed by atoms with Crippen molar-refractivity contribution in [2.75, 3.05) is 5.32 Å². The molecule has 0 aliphatic heterocycles. The molecule has 0 saturated heterocycles. The average Bonchev–Trinajstić information content (AvgIpc) is 2.40. The van der Waals surface area contributed by atoms with E-state index in [0.29, 0.717) is 23.1 Å². The van der Waals surface area contributed by atoms with Gasteiger partial charge in [-0.2, -0.15) is 4.79 Å². The van der Waals surface area contributed by atoms with Crippen LogP contribution < -0.4 is 10.6 Å². The lowest BCUT2D eigenvalue weighted by Crippen LogP contribution is -2.10. The van der Waals surface area contributed by atoms with E-state index in [1.807, 2.05) is 6.08 Å². The van der Waals surface area contributed by atoms with Gasteiger partial charge in [0.1, 0.15) is 0 Å². The molecule has 92 valence electrons. The molecule has 5 nitrogen and oxygen atoms in total. The molecular formula is C12H12N3O2P. The number of allylic oxidation sites excluding steroid dienone is 3. The number of benzene rings is 1. The number of nitrogens with one attached hydrogen (secondary N) is 1. The first kappa shape index (κ1) is 12.5. The molecule has 18 heavy (non-hydrogen) atoms. The van der Waals surface area contributed by atoms with E-state index in [9.17, 15) is 9.46 Å². The number of hydrogen-bond acceptors (Lipinski definition) is 2. The second-order valence-corrected chi connectivity index (χ2v) is 4.91. The van der Waals surface area contributed by atoms with Gasteiger partial charge < -0.3 is 15.7 Å². The third kappa shape index (κ3) is 2.84. The van der Waals surface area contributed by atoms with Crippen molar-refractivity contribution in [3.8, 4) is 0 Å². The van der Waals surface area contributed by atoms with Crippen LogP contribution in [0.25, 0.3) is 5.53 Å². The minimum Gasteiger partial charge on any atom is -0.361 e. The van der Waals surface area contributed by atoms with Crippen LogP contribution in [0.4, 0.5) is 5.69 Å². The quantitative estimate of drug-likeness (QED) is 0.493. The van der Waals surface area contributed by atoms with Gasteiger partial charge in [0.25, 0.3) is 5.71 Å². The summed E-state index contributed by atoms with van der Waals surface area (Å²) < 4.78 is 11.2. The predicted octanol–water partition coefficient (Wildman–Crippen LogP) is 1.71. The van der Waals surface area contributed by atoms with Gasteiger partial charge in [-0.1, -0.05) is 12.1 Å². The van der Waals surface area contributed by atoms with Crippen LogP contribution in [0.2, 0.25) is 0 Å². The molecule has 2 rings (SSSR count). The summed E-state index contributed by atoms with van der Waals surface area (Å²) in [5.74, 6) is 0. The molecule has 0 fully saturated rings. The van der Waals surface area contributed by atoms with Gasteiger partial charge >= 0.3 is 0 Å². The zero-order valence-electron chi connectivity index (χ0n) is 9.50. The van der Waals surface area contributed by atoms with E-state index >= 15 is 0 Å². The molecule has 0 saturated carbocycles. The summed E-state index contributed by atoms with van der Waals surface area (Å²) in [6.45, 7) is 0.